The zero-order chi connectivity index (χ0) is 13.2. The number of methoxy groups -OCH3 is 1. The molecule has 0 aliphatic carbocycles. The average molecular weight is 253 g/mol. The Hall–Kier alpha value is -2.69. The molecular formula is C14H11N3O2. The summed E-state index contributed by atoms with van der Waals surface area (Å²) in [5.41, 5.74) is 1.83. The van der Waals surface area contributed by atoms with E-state index in [9.17, 15) is 4.79 Å². The zero-order valence-corrected chi connectivity index (χ0v) is 10.3. The summed E-state index contributed by atoms with van der Waals surface area (Å²) < 4.78 is 7.01. The van der Waals surface area contributed by atoms with Crippen molar-refractivity contribution in [2.24, 2.45) is 0 Å². The molecule has 0 fully saturated rings. The molecule has 0 aliphatic heterocycles. The van der Waals surface area contributed by atoms with E-state index < -0.39 is 0 Å². The standard InChI is InChI=1S/C14H11N3O2/c1-19-10-5-6-13-12(9-18)16-14(17(13)8-10)11-4-2-3-7-15-11/h2-9H,1H3. The molecule has 5 nitrogen and oxygen atoms in total. The van der Waals surface area contributed by atoms with Crippen molar-refractivity contribution in [3.05, 3.63) is 48.4 Å². The Kier molecular flexibility index (Phi) is 2.72. The minimum Gasteiger partial charge on any atom is -0.495 e. The van der Waals surface area contributed by atoms with Crippen LogP contribution in [0.25, 0.3) is 17.0 Å². The van der Waals surface area contributed by atoms with Gasteiger partial charge >= 0.3 is 0 Å². The molecule has 0 bridgehead atoms. The van der Waals surface area contributed by atoms with Crippen LogP contribution in [-0.2, 0) is 0 Å². The lowest BCUT2D eigenvalue weighted by Crippen LogP contribution is -1.93. The van der Waals surface area contributed by atoms with Crippen molar-refractivity contribution in [2.45, 2.75) is 0 Å². The summed E-state index contributed by atoms with van der Waals surface area (Å²) in [6.07, 6.45) is 4.23. The lowest BCUT2D eigenvalue weighted by molar-refractivity contribution is 0.112. The van der Waals surface area contributed by atoms with Gasteiger partial charge in [0.05, 0.1) is 18.8 Å². The minimum absolute atomic E-state index is 0.392. The summed E-state index contributed by atoms with van der Waals surface area (Å²) in [5.74, 6) is 1.32. The van der Waals surface area contributed by atoms with Gasteiger partial charge in [-0.25, -0.2) is 4.98 Å². The number of hydrogen-bond acceptors (Lipinski definition) is 4. The van der Waals surface area contributed by atoms with Crippen LogP contribution in [0.5, 0.6) is 5.75 Å². The van der Waals surface area contributed by atoms with Gasteiger partial charge in [-0.05, 0) is 24.3 Å². The second-order valence-corrected chi connectivity index (χ2v) is 3.98. The first-order chi connectivity index (χ1) is 9.33. The Morgan fingerprint density at radius 2 is 2.16 bits per heavy atom. The Bertz CT molecular complexity index is 735. The quantitative estimate of drug-likeness (QED) is 0.671. The molecule has 0 unspecified atom stereocenters. The molecule has 3 aromatic heterocycles. The SMILES string of the molecule is COc1ccc2c(C=O)nc(-c3ccccn3)n2c1. The normalized spacial score (nSPS) is 10.6. The van der Waals surface area contributed by atoms with Crippen LogP contribution in [0.15, 0.2) is 42.7 Å². The number of fused-ring (bicyclic) bond motifs is 1. The van der Waals surface area contributed by atoms with E-state index in [4.69, 9.17) is 4.74 Å². The van der Waals surface area contributed by atoms with Crippen molar-refractivity contribution < 1.29 is 9.53 Å². The number of rotatable bonds is 3. The van der Waals surface area contributed by atoms with E-state index >= 15 is 0 Å². The van der Waals surface area contributed by atoms with E-state index in [1.807, 2.05) is 28.7 Å². The Morgan fingerprint density at radius 1 is 1.26 bits per heavy atom. The molecule has 0 spiro atoms. The molecule has 0 radical (unpaired) electrons. The topological polar surface area (TPSA) is 56.5 Å². The van der Waals surface area contributed by atoms with Gasteiger partial charge in [-0.1, -0.05) is 6.07 Å². The number of aromatic nitrogens is 3. The van der Waals surface area contributed by atoms with Crippen LogP contribution >= 0.6 is 0 Å². The molecule has 3 rings (SSSR count). The van der Waals surface area contributed by atoms with Crippen LogP contribution in [0.4, 0.5) is 0 Å². The predicted octanol–water partition coefficient (Wildman–Crippen LogP) is 2.22. The molecule has 0 atom stereocenters. The lowest BCUT2D eigenvalue weighted by atomic mass is 10.3. The fourth-order valence-corrected chi connectivity index (χ4v) is 1.97. The van der Waals surface area contributed by atoms with Crippen molar-refractivity contribution in [2.75, 3.05) is 7.11 Å². The van der Waals surface area contributed by atoms with Gasteiger partial charge in [-0.15, -0.1) is 0 Å². The fraction of sp³-hybridized carbons (Fsp3) is 0.0714. The van der Waals surface area contributed by atoms with E-state index in [1.165, 1.54) is 0 Å². The van der Waals surface area contributed by atoms with Gasteiger partial charge in [0.1, 0.15) is 17.1 Å². The second kappa shape index (κ2) is 4.53. The highest BCUT2D eigenvalue weighted by atomic mass is 16.5. The molecule has 0 saturated heterocycles. The smallest absolute Gasteiger partial charge is 0.170 e. The number of imidazole rings is 1. The van der Waals surface area contributed by atoms with Crippen molar-refractivity contribution >= 4 is 11.8 Å². The Balaban J connectivity index is 2.32. The molecule has 5 heteroatoms. The minimum atomic E-state index is 0.392. The summed E-state index contributed by atoms with van der Waals surface area (Å²) in [7, 11) is 1.60. The van der Waals surface area contributed by atoms with E-state index in [0.29, 0.717) is 23.0 Å². The molecule has 0 aliphatic rings. The number of hydrogen-bond donors (Lipinski definition) is 0. The predicted molar refractivity (Wildman–Crippen MR) is 70.4 cm³/mol. The highest BCUT2D eigenvalue weighted by Crippen LogP contribution is 2.23. The molecule has 0 N–H and O–H groups in total. The summed E-state index contributed by atoms with van der Waals surface area (Å²) in [6.45, 7) is 0. The fourth-order valence-electron chi connectivity index (χ4n) is 1.97. The van der Waals surface area contributed by atoms with Crippen LogP contribution < -0.4 is 4.74 Å². The third-order valence-electron chi connectivity index (χ3n) is 2.88. The van der Waals surface area contributed by atoms with Crippen LogP contribution in [-0.4, -0.2) is 27.8 Å². The number of nitrogens with zero attached hydrogens (tertiary/aromatic N) is 3. The monoisotopic (exact) mass is 253 g/mol. The first-order valence-electron chi connectivity index (χ1n) is 5.76. The van der Waals surface area contributed by atoms with Crippen LogP contribution in [0.1, 0.15) is 10.5 Å². The average Bonchev–Trinajstić information content (AvgIpc) is 2.86. The van der Waals surface area contributed by atoms with Crippen LogP contribution in [0, 0.1) is 0 Å². The van der Waals surface area contributed by atoms with Crippen LogP contribution in [0.3, 0.4) is 0 Å². The van der Waals surface area contributed by atoms with Gasteiger partial charge < -0.3 is 4.74 Å². The molecule has 0 aromatic carbocycles. The maximum Gasteiger partial charge on any atom is 0.170 e. The summed E-state index contributed by atoms with van der Waals surface area (Å²) >= 11 is 0. The number of carbonyl (C=O) groups excluding carboxylic acids is 1. The molecule has 3 aromatic rings. The largest absolute Gasteiger partial charge is 0.495 e. The third-order valence-corrected chi connectivity index (χ3v) is 2.88. The summed E-state index contributed by atoms with van der Waals surface area (Å²) in [4.78, 5) is 19.7. The highest BCUT2D eigenvalue weighted by molar-refractivity contribution is 5.85. The molecule has 0 saturated carbocycles. The van der Waals surface area contributed by atoms with Gasteiger partial charge in [0.25, 0.3) is 0 Å². The van der Waals surface area contributed by atoms with Gasteiger partial charge in [0.2, 0.25) is 0 Å². The number of aldehydes is 1. The summed E-state index contributed by atoms with van der Waals surface area (Å²) in [6, 6.07) is 9.17. The summed E-state index contributed by atoms with van der Waals surface area (Å²) in [5, 5.41) is 0. The molecule has 3 heterocycles. The number of carbonyl (C=O) groups is 1. The van der Waals surface area contributed by atoms with E-state index in [-0.39, 0.29) is 0 Å². The second-order valence-electron chi connectivity index (χ2n) is 3.98. The van der Waals surface area contributed by atoms with E-state index in [0.717, 1.165) is 11.8 Å². The molecule has 19 heavy (non-hydrogen) atoms. The number of ether oxygens (including phenoxy) is 1. The van der Waals surface area contributed by atoms with E-state index in [2.05, 4.69) is 9.97 Å². The maximum absolute atomic E-state index is 11.1. The van der Waals surface area contributed by atoms with Crippen molar-refractivity contribution in [3.8, 4) is 17.3 Å². The zero-order valence-electron chi connectivity index (χ0n) is 10.3. The highest BCUT2D eigenvalue weighted by Gasteiger charge is 2.13. The van der Waals surface area contributed by atoms with E-state index in [1.54, 1.807) is 25.6 Å². The van der Waals surface area contributed by atoms with Crippen molar-refractivity contribution in [3.63, 3.8) is 0 Å². The maximum atomic E-state index is 11.1. The number of pyridine rings is 2. The Morgan fingerprint density at radius 3 is 2.84 bits per heavy atom. The first-order valence-corrected chi connectivity index (χ1v) is 5.76. The Labute approximate surface area is 109 Å². The molecule has 0 amide bonds. The van der Waals surface area contributed by atoms with Crippen molar-refractivity contribution in [1.29, 1.82) is 0 Å². The lowest BCUT2D eigenvalue weighted by Gasteiger charge is -2.03. The molecule has 94 valence electrons. The van der Waals surface area contributed by atoms with Gasteiger partial charge in [-0.2, -0.15) is 0 Å². The van der Waals surface area contributed by atoms with Crippen molar-refractivity contribution in [1.82, 2.24) is 14.4 Å². The first kappa shape index (κ1) is 11.4. The van der Waals surface area contributed by atoms with Crippen LogP contribution in [0.2, 0.25) is 0 Å². The third kappa shape index (κ3) is 1.85. The van der Waals surface area contributed by atoms with Gasteiger partial charge in [0.15, 0.2) is 12.1 Å². The van der Waals surface area contributed by atoms with Gasteiger partial charge in [0, 0.05) is 6.20 Å². The van der Waals surface area contributed by atoms with Gasteiger partial charge in [-0.3, -0.25) is 14.2 Å². The molecular weight excluding hydrogens is 242 g/mol.